The molecule has 0 saturated carbocycles. The average Bonchev–Trinajstić information content (AvgIpc) is 3.41. The Hall–Kier alpha value is -5.80. The maximum atomic E-state index is 6.61. The molecular weight excluding hydrogens is 524 g/mol. The lowest BCUT2D eigenvalue weighted by molar-refractivity contribution is 0.477. The van der Waals surface area contributed by atoms with Gasteiger partial charge in [-0.25, -0.2) is 0 Å². The number of fused-ring (bicyclic) bond motifs is 6. The Morgan fingerprint density at radius 1 is 0.488 bits per heavy atom. The van der Waals surface area contributed by atoms with Gasteiger partial charge in [0.25, 0.3) is 0 Å². The fourth-order valence-electron chi connectivity index (χ4n) is 6.70. The first-order valence-electron chi connectivity index (χ1n) is 14.6. The van der Waals surface area contributed by atoms with E-state index in [0.29, 0.717) is 0 Å². The van der Waals surface area contributed by atoms with E-state index in [1.807, 2.05) is 0 Å². The number of aromatic nitrogens is 1. The maximum absolute atomic E-state index is 6.61. The zero-order valence-electron chi connectivity index (χ0n) is 23.3. The summed E-state index contributed by atoms with van der Waals surface area (Å²) in [5.41, 5.74) is 8.97. The molecule has 0 N–H and O–H groups in total. The SMILES string of the molecule is c1ccc(N(c2ccccc2)c2cc(-c3cccc4c3-n3c5ccccc5c5cccc(c53)O4)cc3ccccc23)cc1. The van der Waals surface area contributed by atoms with Gasteiger partial charge in [-0.1, -0.05) is 103 Å². The normalized spacial score (nSPS) is 11.9. The summed E-state index contributed by atoms with van der Waals surface area (Å²) >= 11 is 0. The lowest BCUT2D eigenvalue weighted by Gasteiger charge is -2.28. The van der Waals surface area contributed by atoms with Gasteiger partial charge in [-0.15, -0.1) is 0 Å². The minimum atomic E-state index is 0.858. The first kappa shape index (κ1) is 23.9. The van der Waals surface area contributed by atoms with Crippen molar-refractivity contribution in [2.75, 3.05) is 4.90 Å². The number of nitrogens with zero attached hydrogens (tertiary/aromatic N) is 2. The summed E-state index contributed by atoms with van der Waals surface area (Å²) in [5.74, 6) is 1.74. The van der Waals surface area contributed by atoms with Gasteiger partial charge in [-0.2, -0.15) is 0 Å². The van der Waals surface area contributed by atoms with Crippen LogP contribution in [0.4, 0.5) is 17.1 Å². The topological polar surface area (TPSA) is 17.4 Å². The summed E-state index contributed by atoms with van der Waals surface area (Å²) in [6.45, 7) is 0. The lowest BCUT2D eigenvalue weighted by Crippen LogP contribution is -2.11. The van der Waals surface area contributed by atoms with Crippen LogP contribution < -0.4 is 9.64 Å². The highest BCUT2D eigenvalue weighted by atomic mass is 16.5. The van der Waals surface area contributed by atoms with Gasteiger partial charge in [0.1, 0.15) is 0 Å². The highest BCUT2D eigenvalue weighted by molar-refractivity contribution is 6.13. The number of benzene rings is 7. The van der Waals surface area contributed by atoms with Crippen molar-refractivity contribution in [2.24, 2.45) is 0 Å². The summed E-state index contributed by atoms with van der Waals surface area (Å²) in [6.07, 6.45) is 0. The van der Waals surface area contributed by atoms with Crippen molar-refractivity contribution < 1.29 is 4.74 Å². The number of anilines is 3. The third-order valence-corrected chi connectivity index (χ3v) is 8.52. The zero-order valence-corrected chi connectivity index (χ0v) is 23.3. The molecule has 3 nitrogen and oxygen atoms in total. The molecule has 8 aromatic rings. The minimum absolute atomic E-state index is 0.858. The molecule has 0 amide bonds. The molecule has 3 heteroatoms. The van der Waals surface area contributed by atoms with Crippen molar-refractivity contribution in [3.8, 4) is 28.3 Å². The zero-order chi connectivity index (χ0) is 28.3. The first-order valence-corrected chi connectivity index (χ1v) is 14.6. The summed E-state index contributed by atoms with van der Waals surface area (Å²) in [5, 5.41) is 4.81. The number of rotatable bonds is 4. The molecule has 0 atom stereocenters. The molecule has 9 rings (SSSR count). The number of para-hydroxylation sites is 5. The minimum Gasteiger partial charge on any atom is -0.453 e. The fraction of sp³-hybridized carbons (Fsp3) is 0. The van der Waals surface area contributed by atoms with E-state index in [4.69, 9.17) is 4.74 Å². The smallest absolute Gasteiger partial charge is 0.152 e. The van der Waals surface area contributed by atoms with Crippen LogP contribution >= 0.6 is 0 Å². The molecule has 0 bridgehead atoms. The summed E-state index contributed by atoms with van der Waals surface area (Å²) in [6, 6.07) is 55.9. The van der Waals surface area contributed by atoms with E-state index in [-0.39, 0.29) is 0 Å². The Bertz CT molecular complexity index is 2280. The second-order valence-corrected chi connectivity index (χ2v) is 11.0. The van der Waals surface area contributed by atoms with Crippen LogP contribution in [0.2, 0.25) is 0 Å². The molecule has 43 heavy (non-hydrogen) atoms. The predicted octanol–water partition coefficient (Wildman–Crippen LogP) is 11.2. The summed E-state index contributed by atoms with van der Waals surface area (Å²) < 4.78 is 9.01. The van der Waals surface area contributed by atoms with Gasteiger partial charge in [0.15, 0.2) is 11.5 Å². The number of ether oxygens (including phenoxy) is 1. The van der Waals surface area contributed by atoms with Crippen molar-refractivity contribution in [3.63, 3.8) is 0 Å². The first-order chi connectivity index (χ1) is 21.3. The molecule has 0 radical (unpaired) electrons. The molecule has 202 valence electrons. The largest absolute Gasteiger partial charge is 0.453 e. The molecule has 0 fully saturated rings. The van der Waals surface area contributed by atoms with Crippen molar-refractivity contribution in [2.45, 2.75) is 0 Å². The Labute approximate surface area is 249 Å². The lowest BCUT2D eigenvalue weighted by atomic mass is 9.96. The van der Waals surface area contributed by atoms with Gasteiger partial charge in [-0.05, 0) is 65.5 Å². The van der Waals surface area contributed by atoms with Crippen molar-refractivity contribution in [1.82, 2.24) is 4.57 Å². The molecule has 0 unspecified atom stereocenters. The van der Waals surface area contributed by atoms with Crippen LogP contribution in [-0.2, 0) is 0 Å². The van der Waals surface area contributed by atoms with Gasteiger partial charge >= 0.3 is 0 Å². The Morgan fingerprint density at radius 2 is 1.12 bits per heavy atom. The van der Waals surface area contributed by atoms with Gasteiger partial charge in [-0.3, -0.25) is 0 Å². The molecular formula is C40H26N2O. The van der Waals surface area contributed by atoms with Crippen LogP contribution in [0.25, 0.3) is 49.4 Å². The Morgan fingerprint density at radius 3 is 1.91 bits per heavy atom. The van der Waals surface area contributed by atoms with Crippen molar-refractivity contribution in [3.05, 3.63) is 158 Å². The monoisotopic (exact) mass is 550 g/mol. The molecule has 0 spiro atoms. The second-order valence-electron chi connectivity index (χ2n) is 11.0. The van der Waals surface area contributed by atoms with E-state index >= 15 is 0 Å². The van der Waals surface area contributed by atoms with Crippen LogP contribution in [0, 0.1) is 0 Å². The van der Waals surface area contributed by atoms with Crippen LogP contribution in [-0.4, -0.2) is 4.57 Å². The fourth-order valence-corrected chi connectivity index (χ4v) is 6.70. The third-order valence-electron chi connectivity index (χ3n) is 8.52. The maximum Gasteiger partial charge on any atom is 0.152 e. The highest BCUT2D eigenvalue weighted by Gasteiger charge is 2.27. The van der Waals surface area contributed by atoms with E-state index in [1.165, 1.54) is 27.1 Å². The molecule has 1 aromatic heterocycles. The summed E-state index contributed by atoms with van der Waals surface area (Å²) in [7, 11) is 0. The van der Waals surface area contributed by atoms with Gasteiger partial charge in [0.2, 0.25) is 0 Å². The quantitative estimate of drug-likeness (QED) is 0.217. The van der Waals surface area contributed by atoms with Crippen LogP contribution in [0.5, 0.6) is 11.5 Å². The Kier molecular flexibility index (Phi) is 5.20. The van der Waals surface area contributed by atoms with Crippen LogP contribution in [0.3, 0.4) is 0 Å². The van der Waals surface area contributed by atoms with Gasteiger partial charge in [0, 0.05) is 33.1 Å². The van der Waals surface area contributed by atoms with E-state index in [1.54, 1.807) is 0 Å². The average molecular weight is 551 g/mol. The molecule has 7 aromatic carbocycles. The van der Waals surface area contributed by atoms with E-state index in [9.17, 15) is 0 Å². The van der Waals surface area contributed by atoms with Gasteiger partial charge in [0.05, 0.1) is 22.4 Å². The van der Waals surface area contributed by atoms with E-state index < -0.39 is 0 Å². The Balaban J connectivity index is 1.36. The van der Waals surface area contributed by atoms with Crippen molar-refractivity contribution in [1.29, 1.82) is 0 Å². The highest BCUT2D eigenvalue weighted by Crippen LogP contribution is 2.49. The molecule has 0 aliphatic carbocycles. The van der Waals surface area contributed by atoms with Gasteiger partial charge < -0.3 is 14.2 Å². The number of hydrogen-bond acceptors (Lipinski definition) is 2. The molecule has 0 saturated heterocycles. The van der Waals surface area contributed by atoms with Crippen molar-refractivity contribution >= 4 is 49.6 Å². The molecule has 1 aliphatic rings. The number of hydrogen-bond donors (Lipinski definition) is 0. The third kappa shape index (κ3) is 3.62. The predicted molar refractivity (Wildman–Crippen MR) is 178 cm³/mol. The van der Waals surface area contributed by atoms with E-state index in [0.717, 1.165) is 50.9 Å². The molecule has 2 heterocycles. The molecule has 1 aliphatic heterocycles. The van der Waals surface area contributed by atoms with E-state index in [2.05, 4.69) is 167 Å². The van der Waals surface area contributed by atoms with Crippen LogP contribution in [0.1, 0.15) is 0 Å². The second kappa shape index (κ2) is 9.37. The summed E-state index contributed by atoms with van der Waals surface area (Å²) in [4.78, 5) is 2.36. The van der Waals surface area contributed by atoms with Crippen LogP contribution in [0.15, 0.2) is 158 Å². The standard InChI is InChI=1S/C40H26N2O/c1-3-14-29(15-4-1)41(30-16-5-2-6-17-30)36-26-28(25-27-13-7-8-18-31(27)36)32-20-11-23-37-39(32)42-35-22-10-9-19-33(35)34-21-12-24-38(43-37)40(34)42/h1-26H.